The SMILES string of the molecule is CC[NH+](CC)[C@@H]1C(=O)Nc2ccc(C)cc2[C@@H]1c1ccccc1. The smallest absolute Gasteiger partial charge is 0.283 e. The van der Waals surface area contributed by atoms with Crippen LogP contribution in [-0.2, 0) is 4.79 Å². The van der Waals surface area contributed by atoms with E-state index in [1.54, 1.807) is 0 Å². The number of quaternary nitrogens is 1. The molecule has 23 heavy (non-hydrogen) atoms. The van der Waals surface area contributed by atoms with E-state index in [1.807, 2.05) is 12.1 Å². The normalized spacial score (nSPS) is 20.3. The van der Waals surface area contributed by atoms with Crippen LogP contribution >= 0.6 is 0 Å². The van der Waals surface area contributed by atoms with Gasteiger partial charge in [0.1, 0.15) is 0 Å². The Kier molecular flexibility index (Phi) is 4.49. The average Bonchev–Trinajstić information content (AvgIpc) is 2.57. The van der Waals surface area contributed by atoms with Crippen molar-refractivity contribution in [3.63, 3.8) is 0 Å². The van der Waals surface area contributed by atoms with Gasteiger partial charge in [0.25, 0.3) is 5.91 Å². The zero-order valence-corrected chi connectivity index (χ0v) is 14.1. The molecule has 1 heterocycles. The van der Waals surface area contributed by atoms with Crippen molar-refractivity contribution in [1.29, 1.82) is 0 Å². The standard InChI is InChI=1S/C20H24N2O/c1-4-22(5-2)19-18(15-9-7-6-8-10-15)16-13-14(3)11-12-17(16)21-20(19)23/h6-13,18-19H,4-5H2,1-3H3,(H,21,23)/p+1/t18-,19-/m0/s1. The van der Waals surface area contributed by atoms with Gasteiger partial charge in [-0.05, 0) is 38.0 Å². The zero-order chi connectivity index (χ0) is 16.4. The number of nitrogens with one attached hydrogen (secondary N) is 2. The quantitative estimate of drug-likeness (QED) is 0.893. The number of carbonyl (C=O) groups is 1. The molecule has 0 saturated carbocycles. The van der Waals surface area contributed by atoms with Crippen molar-refractivity contribution < 1.29 is 9.69 Å². The van der Waals surface area contributed by atoms with Gasteiger partial charge in [-0.15, -0.1) is 0 Å². The summed E-state index contributed by atoms with van der Waals surface area (Å²) < 4.78 is 0. The first-order chi connectivity index (χ1) is 11.2. The second-order valence-corrected chi connectivity index (χ2v) is 6.31. The predicted molar refractivity (Wildman–Crippen MR) is 93.9 cm³/mol. The topological polar surface area (TPSA) is 33.5 Å². The predicted octanol–water partition coefficient (Wildman–Crippen LogP) is 2.37. The van der Waals surface area contributed by atoms with Gasteiger partial charge in [0, 0.05) is 5.69 Å². The Morgan fingerprint density at radius 2 is 1.74 bits per heavy atom. The van der Waals surface area contributed by atoms with Crippen molar-refractivity contribution in [1.82, 2.24) is 0 Å². The number of aryl methyl sites for hydroxylation is 1. The zero-order valence-electron chi connectivity index (χ0n) is 14.1. The Bertz CT molecular complexity index is 692. The molecule has 0 aliphatic carbocycles. The summed E-state index contributed by atoms with van der Waals surface area (Å²) in [5.74, 6) is 0.239. The number of hydrogen-bond donors (Lipinski definition) is 2. The highest BCUT2D eigenvalue weighted by Gasteiger charge is 2.42. The lowest BCUT2D eigenvalue weighted by molar-refractivity contribution is -0.913. The van der Waals surface area contributed by atoms with Crippen LogP contribution in [0.4, 0.5) is 5.69 Å². The summed E-state index contributed by atoms with van der Waals surface area (Å²) in [7, 11) is 0. The number of amides is 1. The van der Waals surface area contributed by atoms with Crippen LogP contribution in [0.25, 0.3) is 0 Å². The lowest BCUT2D eigenvalue weighted by atomic mass is 9.80. The van der Waals surface area contributed by atoms with E-state index in [1.165, 1.54) is 21.6 Å². The molecule has 2 aromatic carbocycles. The first-order valence-corrected chi connectivity index (χ1v) is 8.46. The minimum Gasteiger partial charge on any atom is -0.324 e. The fraction of sp³-hybridized carbons (Fsp3) is 0.350. The van der Waals surface area contributed by atoms with E-state index in [-0.39, 0.29) is 17.9 Å². The fourth-order valence-corrected chi connectivity index (χ4v) is 3.74. The lowest BCUT2D eigenvalue weighted by Gasteiger charge is -2.37. The molecule has 2 aromatic rings. The summed E-state index contributed by atoms with van der Waals surface area (Å²) in [6.45, 7) is 8.30. The molecule has 0 spiro atoms. The van der Waals surface area contributed by atoms with Crippen LogP contribution in [0.5, 0.6) is 0 Å². The Balaban J connectivity index is 2.17. The maximum Gasteiger partial charge on any atom is 0.283 e. The van der Waals surface area contributed by atoms with Gasteiger partial charge in [-0.2, -0.15) is 0 Å². The number of benzene rings is 2. The lowest BCUT2D eigenvalue weighted by Crippen LogP contribution is -3.17. The van der Waals surface area contributed by atoms with Crippen LogP contribution < -0.4 is 10.2 Å². The summed E-state index contributed by atoms with van der Waals surface area (Å²) in [6.07, 6.45) is 0. The summed E-state index contributed by atoms with van der Waals surface area (Å²) in [4.78, 5) is 14.2. The van der Waals surface area contributed by atoms with Crippen molar-refractivity contribution in [2.75, 3.05) is 18.4 Å². The number of fused-ring (bicyclic) bond motifs is 1. The largest absolute Gasteiger partial charge is 0.324 e. The summed E-state index contributed by atoms with van der Waals surface area (Å²) in [6, 6.07) is 16.7. The fourth-order valence-electron chi connectivity index (χ4n) is 3.74. The van der Waals surface area contributed by atoms with Gasteiger partial charge in [0.2, 0.25) is 0 Å². The Morgan fingerprint density at radius 3 is 2.39 bits per heavy atom. The van der Waals surface area contributed by atoms with Gasteiger partial charge in [0.15, 0.2) is 6.04 Å². The molecule has 0 saturated heterocycles. The molecule has 0 aromatic heterocycles. The third-order valence-electron chi connectivity index (χ3n) is 4.92. The Hall–Kier alpha value is -2.13. The second kappa shape index (κ2) is 6.55. The van der Waals surface area contributed by atoms with E-state index in [2.05, 4.69) is 62.5 Å². The van der Waals surface area contributed by atoms with E-state index < -0.39 is 0 Å². The second-order valence-electron chi connectivity index (χ2n) is 6.31. The molecule has 2 N–H and O–H groups in total. The maximum atomic E-state index is 12.9. The van der Waals surface area contributed by atoms with Crippen molar-refractivity contribution in [3.8, 4) is 0 Å². The van der Waals surface area contributed by atoms with E-state index in [0.717, 1.165) is 18.8 Å². The molecule has 3 rings (SSSR count). The molecule has 120 valence electrons. The van der Waals surface area contributed by atoms with Gasteiger partial charge in [-0.3, -0.25) is 4.79 Å². The van der Waals surface area contributed by atoms with Gasteiger partial charge in [0.05, 0.1) is 19.0 Å². The number of anilines is 1. The molecule has 3 heteroatoms. The molecule has 0 unspecified atom stereocenters. The van der Waals surface area contributed by atoms with Crippen LogP contribution in [0.15, 0.2) is 48.5 Å². The minimum absolute atomic E-state index is 0.0818. The highest BCUT2D eigenvalue weighted by molar-refractivity contribution is 5.98. The third kappa shape index (κ3) is 2.89. The molecular weight excluding hydrogens is 284 g/mol. The molecule has 2 atom stereocenters. The molecule has 0 radical (unpaired) electrons. The molecule has 0 bridgehead atoms. The molecular formula is C20H25N2O+. The summed E-state index contributed by atoms with van der Waals surface area (Å²) in [5.41, 5.74) is 4.64. The van der Waals surface area contributed by atoms with E-state index >= 15 is 0 Å². The van der Waals surface area contributed by atoms with Gasteiger partial charge < -0.3 is 10.2 Å². The third-order valence-corrected chi connectivity index (χ3v) is 4.92. The Labute approximate surface area is 138 Å². The van der Waals surface area contributed by atoms with Crippen molar-refractivity contribution in [3.05, 3.63) is 65.2 Å². The number of carbonyl (C=O) groups excluding carboxylic acids is 1. The molecule has 1 aliphatic rings. The minimum atomic E-state index is -0.0818. The van der Waals surface area contributed by atoms with E-state index in [9.17, 15) is 4.79 Å². The van der Waals surface area contributed by atoms with Gasteiger partial charge in [-0.1, -0.05) is 48.0 Å². The highest BCUT2D eigenvalue weighted by atomic mass is 16.2. The summed E-state index contributed by atoms with van der Waals surface area (Å²) >= 11 is 0. The summed E-state index contributed by atoms with van der Waals surface area (Å²) in [5, 5.41) is 3.13. The van der Waals surface area contributed by atoms with Crippen molar-refractivity contribution >= 4 is 11.6 Å². The molecule has 1 amide bonds. The van der Waals surface area contributed by atoms with Crippen LogP contribution in [-0.4, -0.2) is 25.0 Å². The average molecular weight is 309 g/mol. The monoisotopic (exact) mass is 309 g/mol. The van der Waals surface area contributed by atoms with Gasteiger partial charge in [-0.25, -0.2) is 0 Å². The molecule has 3 nitrogen and oxygen atoms in total. The first kappa shape index (κ1) is 15.8. The van der Waals surface area contributed by atoms with Crippen molar-refractivity contribution in [2.45, 2.75) is 32.7 Å². The van der Waals surface area contributed by atoms with Crippen LogP contribution in [0, 0.1) is 6.92 Å². The number of likely N-dealkylation sites (N-methyl/N-ethyl adjacent to an activating group) is 1. The molecule has 0 fully saturated rings. The van der Waals surface area contributed by atoms with Gasteiger partial charge >= 0.3 is 0 Å². The van der Waals surface area contributed by atoms with E-state index in [0.29, 0.717) is 0 Å². The Morgan fingerprint density at radius 1 is 1.04 bits per heavy atom. The highest BCUT2D eigenvalue weighted by Crippen LogP contribution is 2.36. The molecule has 1 aliphatic heterocycles. The van der Waals surface area contributed by atoms with Crippen LogP contribution in [0.2, 0.25) is 0 Å². The van der Waals surface area contributed by atoms with Crippen LogP contribution in [0.1, 0.15) is 36.5 Å². The van der Waals surface area contributed by atoms with E-state index in [4.69, 9.17) is 0 Å². The van der Waals surface area contributed by atoms with Crippen molar-refractivity contribution in [2.24, 2.45) is 0 Å². The number of hydrogen-bond acceptors (Lipinski definition) is 1. The first-order valence-electron chi connectivity index (χ1n) is 8.46. The number of rotatable bonds is 4. The maximum absolute atomic E-state index is 12.9. The van der Waals surface area contributed by atoms with Crippen LogP contribution in [0.3, 0.4) is 0 Å².